The van der Waals surface area contributed by atoms with Gasteiger partial charge in [0.15, 0.2) is 0 Å². The van der Waals surface area contributed by atoms with E-state index in [4.69, 9.17) is 5.73 Å². The van der Waals surface area contributed by atoms with Gasteiger partial charge in [-0.1, -0.05) is 6.92 Å². The second-order valence-corrected chi connectivity index (χ2v) is 5.93. The van der Waals surface area contributed by atoms with Crippen LogP contribution in [0.3, 0.4) is 0 Å². The van der Waals surface area contributed by atoms with Crippen LogP contribution in [0.1, 0.15) is 24.2 Å². The van der Waals surface area contributed by atoms with Crippen molar-refractivity contribution in [2.45, 2.75) is 30.1 Å². The number of carbonyl (C=O) groups is 1. The van der Waals surface area contributed by atoms with Crippen LogP contribution in [-0.2, 0) is 0 Å². The topological polar surface area (TPSA) is 66.6 Å². The van der Waals surface area contributed by atoms with Crippen LogP contribution in [0.5, 0.6) is 0 Å². The fraction of sp³-hybridized carbons (Fsp3) is 0.462. The van der Waals surface area contributed by atoms with Crippen molar-refractivity contribution in [2.75, 3.05) is 19.8 Å². The van der Waals surface area contributed by atoms with Gasteiger partial charge in [-0.2, -0.15) is 0 Å². The maximum Gasteiger partial charge on any atom is 0.253 e. The van der Waals surface area contributed by atoms with Gasteiger partial charge in [0.25, 0.3) is 5.91 Å². The van der Waals surface area contributed by atoms with E-state index in [0.29, 0.717) is 11.3 Å². The molecule has 0 saturated carbocycles. The lowest BCUT2D eigenvalue weighted by Crippen LogP contribution is -2.22. The third-order valence-electron chi connectivity index (χ3n) is 2.66. The van der Waals surface area contributed by atoms with Crippen LogP contribution in [0.4, 0.5) is 5.69 Å². The van der Waals surface area contributed by atoms with Crippen molar-refractivity contribution in [3.63, 3.8) is 0 Å². The molecule has 0 aliphatic heterocycles. The first-order valence-electron chi connectivity index (χ1n) is 5.78. The molecular weight excluding hydrogens is 248 g/mol. The number of hydrogen-bond donors (Lipinski definition) is 2. The molecule has 1 aromatic carbocycles. The maximum atomic E-state index is 11.9. The average molecular weight is 268 g/mol. The summed E-state index contributed by atoms with van der Waals surface area (Å²) in [7, 11) is 3.42. The summed E-state index contributed by atoms with van der Waals surface area (Å²) in [5, 5.41) is 9.53. The number of amides is 1. The zero-order valence-electron chi connectivity index (χ0n) is 11.2. The predicted molar refractivity (Wildman–Crippen MR) is 75.9 cm³/mol. The summed E-state index contributed by atoms with van der Waals surface area (Å²) in [6, 6.07) is 5.23. The minimum absolute atomic E-state index is 0.0250. The average Bonchev–Trinajstić information content (AvgIpc) is 2.30. The van der Waals surface area contributed by atoms with Gasteiger partial charge in [0, 0.05) is 35.5 Å². The van der Waals surface area contributed by atoms with Gasteiger partial charge in [-0.3, -0.25) is 4.79 Å². The second-order valence-electron chi connectivity index (χ2n) is 4.52. The Bertz CT molecular complexity index is 433. The number of nitrogens with zero attached hydrogens (tertiary/aromatic N) is 1. The largest absolute Gasteiger partial charge is 0.398 e. The van der Waals surface area contributed by atoms with Crippen molar-refractivity contribution in [3.8, 4) is 0 Å². The second kappa shape index (κ2) is 6.11. The monoisotopic (exact) mass is 268 g/mol. The number of hydrogen-bond acceptors (Lipinski definition) is 4. The summed E-state index contributed by atoms with van der Waals surface area (Å²) >= 11 is 1.48. The standard InChI is InChI=1S/C13H20N2O2S/c1-8(16)9(2)18-12-7-10(5-6-11(12)14)13(17)15(3)4/h5-9,16H,14H2,1-4H3. The summed E-state index contributed by atoms with van der Waals surface area (Å²) in [6.07, 6.45) is -0.428. The minimum Gasteiger partial charge on any atom is -0.398 e. The number of aliphatic hydroxyl groups is 1. The molecule has 0 aliphatic rings. The molecule has 18 heavy (non-hydrogen) atoms. The van der Waals surface area contributed by atoms with Crippen molar-refractivity contribution in [1.29, 1.82) is 0 Å². The highest BCUT2D eigenvalue weighted by Gasteiger charge is 2.15. The van der Waals surface area contributed by atoms with Crippen molar-refractivity contribution < 1.29 is 9.90 Å². The number of aliphatic hydroxyl groups excluding tert-OH is 1. The van der Waals surface area contributed by atoms with Gasteiger partial charge in [0.05, 0.1) is 6.10 Å². The van der Waals surface area contributed by atoms with Crippen LogP contribution < -0.4 is 5.73 Å². The van der Waals surface area contributed by atoms with Gasteiger partial charge >= 0.3 is 0 Å². The predicted octanol–water partition coefficient (Wildman–Crippen LogP) is 1.83. The number of benzene rings is 1. The van der Waals surface area contributed by atoms with E-state index in [0.717, 1.165) is 4.90 Å². The van der Waals surface area contributed by atoms with E-state index in [-0.39, 0.29) is 11.2 Å². The Labute approximate surface area is 112 Å². The van der Waals surface area contributed by atoms with E-state index in [1.54, 1.807) is 39.2 Å². The SMILES string of the molecule is CC(O)C(C)Sc1cc(C(=O)N(C)C)ccc1N. The van der Waals surface area contributed by atoms with E-state index in [2.05, 4.69) is 0 Å². The number of thioether (sulfide) groups is 1. The Morgan fingerprint density at radius 2 is 2.00 bits per heavy atom. The highest BCUT2D eigenvalue weighted by atomic mass is 32.2. The normalized spacial score (nSPS) is 14.1. The van der Waals surface area contributed by atoms with Crippen LogP contribution in [0.15, 0.2) is 23.1 Å². The fourth-order valence-electron chi connectivity index (χ4n) is 1.33. The van der Waals surface area contributed by atoms with Crippen LogP contribution in [0.2, 0.25) is 0 Å². The van der Waals surface area contributed by atoms with Gasteiger partial charge in [-0.05, 0) is 25.1 Å². The van der Waals surface area contributed by atoms with E-state index in [1.807, 2.05) is 6.92 Å². The molecule has 0 saturated heterocycles. The quantitative estimate of drug-likeness (QED) is 0.646. The summed E-state index contributed by atoms with van der Waals surface area (Å²) in [4.78, 5) is 14.2. The number of rotatable bonds is 4. The molecule has 0 radical (unpaired) electrons. The molecule has 5 heteroatoms. The van der Waals surface area contributed by atoms with Crippen molar-refractivity contribution in [1.82, 2.24) is 4.90 Å². The third kappa shape index (κ3) is 3.65. The van der Waals surface area contributed by atoms with Crippen LogP contribution in [-0.4, -0.2) is 41.4 Å². The van der Waals surface area contributed by atoms with Gasteiger partial charge in [0.1, 0.15) is 0 Å². The number of anilines is 1. The zero-order chi connectivity index (χ0) is 13.9. The molecular formula is C13H20N2O2S. The molecule has 1 amide bonds. The molecule has 0 fully saturated rings. The summed E-state index contributed by atoms with van der Waals surface area (Å²) in [6.45, 7) is 3.66. The molecule has 0 aliphatic carbocycles. The Hall–Kier alpha value is -1.20. The number of carbonyl (C=O) groups excluding carboxylic acids is 1. The first-order valence-corrected chi connectivity index (χ1v) is 6.66. The molecule has 100 valence electrons. The van der Waals surface area contributed by atoms with Crippen molar-refractivity contribution in [2.24, 2.45) is 0 Å². The Kier molecular flexibility index (Phi) is 5.04. The fourth-order valence-corrected chi connectivity index (χ4v) is 2.32. The molecule has 0 spiro atoms. The molecule has 1 rings (SSSR count). The zero-order valence-corrected chi connectivity index (χ0v) is 12.0. The van der Waals surface area contributed by atoms with E-state index >= 15 is 0 Å². The lowest BCUT2D eigenvalue weighted by atomic mass is 10.2. The van der Waals surface area contributed by atoms with E-state index in [9.17, 15) is 9.90 Å². The van der Waals surface area contributed by atoms with Gasteiger partial charge < -0.3 is 15.7 Å². The van der Waals surface area contributed by atoms with Crippen molar-refractivity contribution >= 4 is 23.4 Å². The molecule has 0 aromatic heterocycles. The maximum absolute atomic E-state index is 11.9. The first kappa shape index (κ1) is 14.9. The lowest BCUT2D eigenvalue weighted by Gasteiger charge is -2.17. The number of nitrogen functional groups attached to an aromatic ring is 1. The van der Waals surface area contributed by atoms with Gasteiger partial charge in [-0.25, -0.2) is 0 Å². The lowest BCUT2D eigenvalue weighted by molar-refractivity contribution is 0.0827. The molecule has 4 nitrogen and oxygen atoms in total. The minimum atomic E-state index is -0.428. The highest BCUT2D eigenvalue weighted by molar-refractivity contribution is 8.00. The molecule has 2 unspecified atom stereocenters. The molecule has 0 heterocycles. The van der Waals surface area contributed by atoms with Crippen molar-refractivity contribution in [3.05, 3.63) is 23.8 Å². The molecule has 0 bridgehead atoms. The summed E-state index contributed by atoms with van der Waals surface area (Å²) in [5.41, 5.74) is 7.12. The summed E-state index contributed by atoms with van der Waals surface area (Å²) < 4.78 is 0. The Morgan fingerprint density at radius 3 is 2.50 bits per heavy atom. The van der Waals surface area contributed by atoms with Crippen LogP contribution in [0.25, 0.3) is 0 Å². The Balaban J connectivity index is 2.98. The molecule has 2 atom stereocenters. The Morgan fingerprint density at radius 1 is 1.39 bits per heavy atom. The molecule has 3 N–H and O–H groups in total. The number of nitrogens with two attached hydrogens (primary N) is 1. The smallest absolute Gasteiger partial charge is 0.253 e. The van der Waals surface area contributed by atoms with Gasteiger partial charge in [-0.15, -0.1) is 11.8 Å². The summed E-state index contributed by atoms with van der Waals surface area (Å²) in [5.74, 6) is -0.0541. The first-order chi connectivity index (χ1) is 8.32. The van der Waals surface area contributed by atoms with E-state index in [1.165, 1.54) is 16.7 Å². The van der Waals surface area contributed by atoms with Crippen LogP contribution in [0, 0.1) is 0 Å². The van der Waals surface area contributed by atoms with E-state index < -0.39 is 6.10 Å². The van der Waals surface area contributed by atoms with Gasteiger partial charge in [0.2, 0.25) is 0 Å². The molecule has 1 aromatic rings. The highest BCUT2D eigenvalue weighted by Crippen LogP contribution is 2.31. The third-order valence-corrected chi connectivity index (χ3v) is 4.03. The van der Waals surface area contributed by atoms with Crippen LogP contribution >= 0.6 is 11.8 Å².